The van der Waals surface area contributed by atoms with E-state index in [1.165, 1.54) is 25.0 Å². The van der Waals surface area contributed by atoms with Crippen LogP contribution >= 0.6 is 11.8 Å². The third kappa shape index (κ3) is 3.33. The molecule has 1 unspecified atom stereocenters. The van der Waals surface area contributed by atoms with Gasteiger partial charge in [0.25, 0.3) is 0 Å². The number of hydrogen-bond acceptors (Lipinski definition) is 3. The van der Waals surface area contributed by atoms with Gasteiger partial charge in [0.05, 0.1) is 5.60 Å². The Labute approximate surface area is 79.2 Å². The van der Waals surface area contributed by atoms with E-state index in [0.29, 0.717) is 0 Å². The van der Waals surface area contributed by atoms with Crippen LogP contribution in [0, 0.1) is 0 Å². The van der Waals surface area contributed by atoms with Crippen molar-refractivity contribution in [3.63, 3.8) is 0 Å². The molecule has 1 saturated heterocycles. The Kier molecular flexibility index (Phi) is 3.87. The van der Waals surface area contributed by atoms with Gasteiger partial charge in [-0.2, -0.15) is 11.8 Å². The van der Waals surface area contributed by atoms with Gasteiger partial charge in [-0.15, -0.1) is 0 Å². The highest BCUT2D eigenvalue weighted by Crippen LogP contribution is 2.31. The second-order valence-corrected chi connectivity index (χ2v) is 5.48. The van der Waals surface area contributed by atoms with Crippen molar-refractivity contribution in [1.29, 1.82) is 0 Å². The predicted octanol–water partition coefficient (Wildman–Crippen LogP) is 2.33. The van der Waals surface area contributed by atoms with E-state index in [0.717, 1.165) is 11.7 Å². The van der Waals surface area contributed by atoms with Gasteiger partial charge in [0.1, 0.15) is 0 Å². The van der Waals surface area contributed by atoms with Crippen LogP contribution in [-0.4, -0.2) is 16.6 Å². The summed E-state index contributed by atoms with van der Waals surface area (Å²) in [5.74, 6) is 6.53. The number of hydrogen-bond donors (Lipinski definition) is 1. The Bertz CT molecular complexity index is 132. The smallest absolute Gasteiger partial charge is 0.0848 e. The number of rotatable bonds is 3. The van der Waals surface area contributed by atoms with Gasteiger partial charge in [0.2, 0.25) is 0 Å². The van der Waals surface area contributed by atoms with Crippen LogP contribution in [0.5, 0.6) is 0 Å². The molecule has 0 radical (unpaired) electrons. The fraction of sp³-hybridized carbons (Fsp3) is 1.00. The standard InChI is InChI=1S/C9H19NOS/c1-9(2,11-10)7-8-5-3-4-6-12-8/h8H,3-7,10H2,1-2H3. The molecule has 2 N–H and O–H groups in total. The first-order valence-electron chi connectivity index (χ1n) is 4.63. The van der Waals surface area contributed by atoms with Crippen LogP contribution in [0.3, 0.4) is 0 Å². The lowest BCUT2D eigenvalue weighted by atomic mass is 9.99. The average Bonchev–Trinajstić information content (AvgIpc) is 2.06. The zero-order valence-corrected chi connectivity index (χ0v) is 8.82. The minimum Gasteiger partial charge on any atom is -0.299 e. The summed E-state index contributed by atoms with van der Waals surface area (Å²) >= 11 is 2.07. The molecule has 0 aromatic heterocycles. The second kappa shape index (κ2) is 4.49. The highest BCUT2D eigenvalue weighted by molar-refractivity contribution is 7.99. The van der Waals surface area contributed by atoms with E-state index in [1.807, 2.05) is 0 Å². The Morgan fingerprint density at radius 1 is 1.50 bits per heavy atom. The van der Waals surface area contributed by atoms with Crippen molar-refractivity contribution in [3.8, 4) is 0 Å². The summed E-state index contributed by atoms with van der Waals surface area (Å²) in [6, 6.07) is 0. The van der Waals surface area contributed by atoms with Crippen molar-refractivity contribution in [2.75, 3.05) is 5.75 Å². The molecule has 1 atom stereocenters. The first-order chi connectivity index (χ1) is 5.64. The van der Waals surface area contributed by atoms with Crippen LogP contribution in [0.2, 0.25) is 0 Å². The van der Waals surface area contributed by atoms with Crippen LogP contribution in [0.25, 0.3) is 0 Å². The summed E-state index contributed by atoms with van der Waals surface area (Å²) in [5, 5.41) is 0.761. The Morgan fingerprint density at radius 3 is 2.75 bits per heavy atom. The van der Waals surface area contributed by atoms with E-state index in [-0.39, 0.29) is 5.60 Å². The molecule has 12 heavy (non-hydrogen) atoms. The van der Waals surface area contributed by atoms with Crippen molar-refractivity contribution >= 4 is 11.8 Å². The van der Waals surface area contributed by atoms with Crippen LogP contribution in [0.1, 0.15) is 39.5 Å². The largest absolute Gasteiger partial charge is 0.299 e. The summed E-state index contributed by atoms with van der Waals surface area (Å²) in [7, 11) is 0. The van der Waals surface area contributed by atoms with Gasteiger partial charge in [0, 0.05) is 5.25 Å². The molecular formula is C9H19NOS. The Hall–Kier alpha value is 0.270. The zero-order valence-electron chi connectivity index (χ0n) is 8.01. The molecule has 0 amide bonds. The van der Waals surface area contributed by atoms with Gasteiger partial charge in [0.15, 0.2) is 0 Å². The molecule has 1 fully saturated rings. The third-order valence-electron chi connectivity index (χ3n) is 2.31. The monoisotopic (exact) mass is 189 g/mol. The first-order valence-corrected chi connectivity index (χ1v) is 5.68. The summed E-state index contributed by atoms with van der Waals surface area (Å²) in [4.78, 5) is 4.93. The number of nitrogens with two attached hydrogens (primary N) is 1. The summed E-state index contributed by atoms with van der Waals surface area (Å²) in [6.45, 7) is 4.12. The lowest BCUT2D eigenvalue weighted by molar-refractivity contribution is -0.0259. The van der Waals surface area contributed by atoms with E-state index in [4.69, 9.17) is 10.7 Å². The van der Waals surface area contributed by atoms with Crippen LogP contribution in [0.4, 0.5) is 0 Å². The van der Waals surface area contributed by atoms with Gasteiger partial charge in [-0.05, 0) is 38.9 Å². The van der Waals surface area contributed by atoms with Crippen molar-refractivity contribution in [2.45, 2.75) is 50.4 Å². The molecule has 72 valence electrons. The first kappa shape index (κ1) is 10.4. The maximum absolute atomic E-state index is 5.21. The molecule has 0 spiro atoms. The highest BCUT2D eigenvalue weighted by Gasteiger charge is 2.25. The van der Waals surface area contributed by atoms with Gasteiger partial charge in [-0.25, -0.2) is 5.90 Å². The fourth-order valence-corrected chi connectivity index (χ4v) is 3.12. The lowest BCUT2D eigenvalue weighted by Gasteiger charge is -2.29. The van der Waals surface area contributed by atoms with Gasteiger partial charge in [-0.3, -0.25) is 4.84 Å². The van der Waals surface area contributed by atoms with E-state index in [9.17, 15) is 0 Å². The third-order valence-corrected chi connectivity index (χ3v) is 3.71. The molecule has 0 bridgehead atoms. The quantitative estimate of drug-likeness (QED) is 0.692. The van der Waals surface area contributed by atoms with Crippen LogP contribution < -0.4 is 5.90 Å². The second-order valence-electron chi connectivity index (χ2n) is 4.07. The Balaban J connectivity index is 2.28. The van der Waals surface area contributed by atoms with Gasteiger partial charge in [-0.1, -0.05) is 6.42 Å². The van der Waals surface area contributed by atoms with Crippen molar-refractivity contribution in [3.05, 3.63) is 0 Å². The van der Waals surface area contributed by atoms with Gasteiger partial charge >= 0.3 is 0 Å². The highest BCUT2D eigenvalue weighted by atomic mass is 32.2. The molecule has 1 aliphatic heterocycles. The molecule has 1 rings (SSSR count). The molecule has 0 saturated carbocycles. The minimum atomic E-state index is -0.144. The normalized spacial score (nSPS) is 25.8. The molecule has 0 aromatic rings. The van der Waals surface area contributed by atoms with E-state index < -0.39 is 0 Å². The molecule has 1 heterocycles. The SMILES string of the molecule is CC(C)(CC1CCCCS1)ON. The van der Waals surface area contributed by atoms with Crippen molar-refractivity contribution in [1.82, 2.24) is 0 Å². The maximum Gasteiger partial charge on any atom is 0.0848 e. The summed E-state index contributed by atoms with van der Waals surface area (Å²) < 4.78 is 0. The van der Waals surface area contributed by atoms with Gasteiger partial charge < -0.3 is 0 Å². The van der Waals surface area contributed by atoms with Crippen molar-refractivity contribution in [2.24, 2.45) is 5.90 Å². The molecule has 3 heteroatoms. The minimum absolute atomic E-state index is 0.144. The molecular weight excluding hydrogens is 170 g/mol. The average molecular weight is 189 g/mol. The maximum atomic E-state index is 5.21. The molecule has 1 aliphatic rings. The summed E-state index contributed by atoms with van der Waals surface area (Å²) in [5.41, 5.74) is -0.144. The molecule has 0 aliphatic carbocycles. The predicted molar refractivity (Wildman–Crippen MR) is 54.1 cm³/mol. The lowest BCUT2D eigenvalue weighted by Crippen LogP contribution is -2.32. The zero-order chi connectivity index (χ0) is 9.03. The molecule has 2 nitrogen and oxygen atoms in total. The summed E-state index contributed by atoms with van der Waals surface area (Å²) in [6.07, 6.45) is 5.16. The van der Waals surface area contributed by atoms with E-state index >= 15 is 0 Å². The number of thioether (sulfide) groups is 1. The molecule has 0 aromatic carbocycles. The van der Waals surface area contributed by atoms with Crippen LogP contribution in [0.15, 0.2) is 0 Å². The van der Waals surface area contributed by atoms with E-state index in [2.05, 4.69) is 25.6 Å². The Morgan fingerprint density at radius 2 is 2.25 bits per heavy atom. The van der Waals surface area contributed by atoms with E-state index in [1.54, 1.807) is 0 Å². The van der Waals surface area contributed by atoms with Crippen molar-refractivity contribution < 1.29 is 4.84 Å². The topological polar surface area (TPSA) is 35.2 Å². The fourth-order valence-electron chi connectivity index (χ4n) is 1.56. The van der Waals surface area contributed by atoms with Crippen LogP contribution in [-0.2, 0) is 4.84 Å².